The van der Waals surface area contributed by atoms with Crippen molar-refractivity contribution in [3.8, 4) is 0 Å². The van der Waals surface area contributed by atoms with Crippen LogP contribution in [-0.2, 0) is 9.53 Å². The number of anilines is 1. The van der Waals surface area contributed by atoms with Crippen LogP contribution in [0.5, 0.6) is 0 Å². The quantitative estimate of drug-likeness (QED) is 0.839. The maximum atomic E-state index is 12.8. The zero-order valence-corrected chi connectivity index (χ0v) is 13.3. The Balaban J connectivity index is 1.96. The third-order valence-corrected chi connectivity index (χ3v) is 3.32. The lowest BCUT2D eigenvalue weighted by Crippen LogP contribution is -2.30. The molecule has 2 aromatic rings. The van der Waals surface area contributed by atoms with E-state index in [2.05, 4.69) is 21.2 Å². The van der Waals surface area contributed by atoms with Gasteiger partial charge in [-0.2, -0.15) is 0 Å². The number of hydrogen-bond donors (Lipinski definition) is 1. The van der Waals surface area contributed by atoms with E-state index in [1.165, 1.54) is 31.2 Å². The molecule has 0 bridgehead atoms. The monoisotopic (exact) mass is 365 g/mol. The van der Waals surface area contributed by atoms with Crippen LogP contribution in [0.4, 0.5) is 10.1 Å². The van der Waals surface area contributed by atoms with Crippen LogP contribution in [0.15, 0.2) is 53.0 Å². The minimum absolute atomic E-state index is 0.343. The van der Waals surface area contributed by atoms with Crippen molar-refractivity contribution in [2.75, 3.05) is 5.32 Å². The molecule has 0 saturated carbocycles. The Bertz CT molecular complexity index is 688. The van der Waals surface area contributed by atoms with Crippen LogP contribution in [0.1, 0.15) is 17.3 Å². The summed E-state index contributed by atoms with van der Waals surface area (Å²) in [4.78, 5) is 23.9. The van der Waals surface area contributed by atoms with Crippen molar-refractivity contribution >= 4 is 33.5 Å². The molecule has 1 N–H and O–H groups in total. The van der Waals surface area contributed by atoms with Crippen LogP contribution < -0.4 is 5.32 Å². The molecule has 0 saturated heterocycles. The summed E-state index contributed by atoms with van der Waals surface area (Å²) < 4.78 is 18.6. The molecule has 1 amide bonds. The van der Waals surface area contributed by atoms with Crippen LogP contribution in [0, 0.1) is 5.82 Å². The zero-order chi connectivity index (χ0) is 16.1. The highest BCUT2D eigenvalue weighted by Crippen LogP contribution is 2.14. The normalized spacial score (nSPS) is 11.6. The fraction of sp³-hybridized carbons (Fsp3) is 0.125. The van der Waals surface area contributed by atoms with Crippen molar-refractivity contribution in [1.29, 1.82) is 0 Å². The Morgan fingerprint density at radius 3 is 2.50 bits per heavy atom. The Hall–Kier alpha value is -2.21. The number of hydrogen-bond acceptors (Lipinski definition) is 3. The molecule has 0 aliphatic heterocycles. The summed E-state index contributed by atoms with van der Waals surface area (Å²) >= 11 is 3.26. The van der Waals surface area contributed by atoms with Gasteiger partial charge >= 0.3 is 5.97 Å². The highest BCUT2D eigenvalue weighted by atomic mass is 79.9. The van der Waals surface area contributed by atoms with E-state index in [0.29, 0.717) is 11.3 Å². The van der Waals surface area contributed by atoms with Gasteiger partial charge in [0, 0.05) is 10.2 Å². The Morgan fingerprint density at radius 1 is 1.18 bits per heavy atom. The van der Waals surface area contributed by atoms with Gasteiger partial charge in [0.2, 0.25) is 0 Å². The molecule has 1 atom stereocenters. The van der Waals surface area contributed by atoms with Crippen LogP contribution in [0.25, 0.3) is 0 Å². The second-order valence-electron chi connectivity index (χ2n) is 4.55. The summed E-state index contributed by atoms with van der Waals surface area (Å²) in [5.41, 5.74) is 0.771. The van der Waals surface area contributed by atoms with Gasteiger partial charge in [0.1, 0.15) is 5.82 Å². The van der Waals surface area contributed by atoms with Gasteiger partial charge in [-0.1, -0.05) is 22.0 Å². The first kappa shape index (κ1) is 16.2. The average molecular weight is 366 g/mol. The minimum atomic E-state index is -0.975. The molecule has 6 heteroatoms. The zero-order valence-electron chi connectivity index (χ0n) is 11.7. The molecule has 4 nitrogen and oxygen atoms in total. The van der Waals surface area contributed by atoms with Gasteiger partial charge in [0.05, 0.1) is 5.56 Å². The first-order chi connectivity index (χ1) is 10.5. The van der Waals surface area contributed by atoms with Crippen LogP contribution >= 0.6 is 15.9 Å². The van der Waals surface area contributed by atoms with Gasteiger partial charge < -0.3 is 10.1 Å². The van der Waals surface area contributed by atoms with E-state index in [1.54, 1.807) is 24.3 Å². The highest BCUT2D eigenvalue weighted by Gasteiger charge is 2.19. The predicted octanol–water partition coefficient (Wildman–Crippen LogP) is 3.77. The summed E-state index contributed by atoms with van der Waals surface area (Å²) in [5, 5.41) is 2.55. The standard InChI is InChI=1S/C16H13BrFNO3/c1-10(15(20)19-14-7-5-13(18)6-8-14)22-16(21)11-3-2-4-12(17)9-11/h2-10H,1H3,(H,19,20). The van der Waals surface area contributed by atoms with Crippen molar-refractivity contribution in [2.24, 2.45) is 0 Å². The number of amides is 1. The highest BCUT2D eigenvalue weighted by molar-refractivity contribution is 9.10. The molecule has 0 heterocycles. The molecule has 0 radical (unpaired) electrons. The van der Waals surface area contributed by atoms with E-state index >= 15 is 0 Å². The van der Waals surface area contributed by atoms with Crippen molar-refractivity contribution < 1.29 is 18.7 Å². The predicted molar refractivity (Wildman–Crippen MR) is 84.0 cm³/mol. The third-order valence-electron chi connectivity index (χ3n) is 2.83. The van der Waals surface area contributed by atoms with Crippen molar-refractivity contribution in [2.45, 2.75) is 13.0 Å². The first-order valence-electron chi connectivity index (χ1n) is 6.48. The number of ether oxygens (including phenoxy) is 1. The molecule has 0 aliphatic rings. The molecule has 22 heavy (non-hydrogen) atoms. The smallest absolute Gasteiger partial charge is 0.338 e. The van der Waals surface area contributed by atoms with Crippen LogP contribution in [-0.4, -0.2) is 18.0 Å². The van der Waals surface area contributed by atoms with E-state index in [4.69, 9.17) is 4.74 Å². The Morgan fingerprint density at radius 2 is 1.86 bits per heavy atom. The lowest BCUT2D eigenvalue weighted by molar-refractivity contribution is -0.123. The number of carbonyl (C=O) groups is 2. The van der Waals surface area contributed by atoms with E-state index in [0.717, 1.165) is 4.47 Å². The summed E-state index contributed by atoms with van der Waals surface area (Å²) in [5.74, 6) is -1.48. The number of carbonyl (C=O) groups excluding carboxylic acids is 2. The lowest BCUT2D eigenvalue weighted by atomic mass is 10.2. The van der Waals surface area contributed by atoms with Crippen molar-refractivity contribution in [3.05, 3.63) is 64.4 Å². The maximum Gasteiger partial charge on any atom is 0.338 e. The summed E-state index contributed by atoms with van der Waals surface area (Å²) in [7, 11) is 0. The van der Waals surface area contributed by atoms with E-state index < -0.39 is 23.8 Å². The Kier molecular flexibility index (Phi) is 5.27. The number of nitrogens with one attached hydrogen (secondary N) is 1. The minimum Gasteiger partial charge on any atom is -0.449 e. The van der Waals surface area contributed by atoms with Crippen molar-refractivity contribution in [3.63, 3.8) is 0 Å². The van der Waals surface area contributed by atoms with Crippen molar-refractivity contribution in [1.82, 2.24) is 0 Å². The largest absolute Gasteiger partial charge is 0.449 e. The molecule has 0 fully saturated rings. The molecule has 1 unspecified atom stereocenters. The van der Waals surface area contributed by atoms with Gasteiger partial charge in [0.15, 0.2) is 6.10 Å². The number of rotatable bonds is 4. The lowest BCUT2D eigenvalue weighted by Gasteiger charge is -2.13. The van der Waals surface area contributed by atoms with Gasteiger partial charge in [-0.3, -0.25) is 4.79 Å². The van der Waals surface area contributed by atoms with Crippen LogP contribution in [0.2, 0.25) is 0 Å². The van der Waals surface area contributed by atoms with Gasteiger partial charge in [-0.05, 0) is 49.4 Å². The summed E-state index contributed by atoms with van der Waals surface area (Å²) in [6, 6.07) is 12.0. The molecule has 2 aromatic carbocycles. The molecular weight excluding hydrogens is 353 g/mol. The summed E-state index contributed by atoms with van der Waals surface area (Å²) in [6.45, 7) is 1.47. The topological polar surface area (TPSA) is 55.4 Å². The van der Waals surface area contributed by atoms with E-state index in [9.17, 15) is 14.0 Å². The average Bonchev–Trinajstić information content (AvgIpc) is 2.49. The Labute approximate surface area is 135 Å². The third kappa shape index (κ3) is 4.39. The number of esters is 1. The van der Waals surface area contributed by atoms with Gasteiger partial charge in [-0.15, -0.1) is 0 Å². The van der Waals surface area contributed by atoms with E-state index in [1.807, 2.05) is 0 Å². The van der Waals surface area contributed by atoms with Gasteiger partial charge in [0.25, 0.3) is 5.91 Å². The summed E-state index contributed by atoms with van der Waals surface area (Å²) in [6.07, 6.45) is -0.975. The van der Waals surface area contributed by atoms with Gasteiger partial charge in [-0.25, -0.2) is 9.18 Å². The maximum absolute atomic E-state index is 12.8. The fourth-order valence-electron chi connectivity index (χ4n) is 1.67. The number of benzene rings is 2. The molecule has 0 spiro atoms. The second-order valence-corrected chi connectivity index (χ2v) is 5.47. The van der Waals surface area contributed by atoms with Crippen LogP contribution in [0.3, 0.4) is 0 Å². The molecule has 2 rings (SSSR count). The first-order valence-corrected chi connectivity index (χ1v) is 7.28. The second kappa shape index (κ2) is 7.17. The molecular formula is C16H13BrFNO3. The molecule has 0 aromatic heterocycles. The van der Waals surface area contributed by atoms with E-state index in [-0.39, 0.29) is 0 Å². The molecule has 114 valence electrons. The SMILES string of the molecule is CC(OC(=O)c1cccc(Br)c1)C(=O)Nc1ccc(F)cc1. The molecule has 0 aliphatic carbocycles. The number of halogens is 2. The fourth-order valence-corrected chi connectivity index (χ4v) is 2.07.